The summed E-state index contributed by atoms with van der Waals surface area (Å²) in [6.07, 6.45) is 0.495. The standard InChI is InChI=1S/C26H22BrN3O3/c1-17(14-19-6-5-9-22(31)15-19)29-26(33)24(30-25(32)21-7-3-2-4-8-21)23(27)20-12-10-18(16-28)11-13-20/h2-13,15,17,31H,14H2,1H3,(H,29,33)(H,30,32)/b24-23+. The highest BCUT2D eigenvalue weighted by molar-refractivity contribution is 9.15. The highest BCUT2D eigenvalue weighted by atomic mass is 79.9. The van der Waals surface area contributed by atoms with Crippen LogP contribution in [0.5, 0.6) is 5.75 Å². The molecule has 3 aromatic carbocycles. The van der Waals surface area contributed by atoms with Crippen molar-refractivity contribution < 1.29 is 14.7 Å². The van der Waals surface area contributed by atoms with E-state index in [1.54, 1.807) is 72.8 Å². The molecule has 2 amide bonds. The average Bonchev–Trinajstić information content (AvgIpc) is 2.82. The van der Waals surface area contributed by atoms with Crippen LogP contribution in [0.4, 0.5) is 0 Å². The Morgan fingerprint density at radius 2 is 1.70 bits per heavy atom. The molecule has 1 atom stereocenters. The van der Waals surface area contributed by atoms with Gasteiger partial charge in [-0.15, -0.1) is 0 Å². The van der Waals surface area contributed by atoms with Crippen molar-refractivity contribution in [1.82, 2.24) is 10.6 Å². The highest BCUT2D eigenvalue weighted by Gasteiger charge is 2.21. The summed E-state index contributed by atoms with van der Waals surface area (Å²) in [5, 5.41) is 24.3. The monoisotopic (exact) mass is 503 g/mol. The van der Waals surface area contributed by atoms with E-state index in [0.717, 1.165) is 5.56 Å². The van der Waals surface area contributed by atoms with Crippen LogP contribution in [0.2, 0.25) is 0 Å². The topological polar surface area (TPSA) is 102 Å². The minimum atomic E-state index is -0.469. The van der Waals surface area contributed by atoms with E-state index in [0.29, 0.717) is 27.6 Å². The second kappa shape index (κ2) is 11.1. The van der Waals surface area contributed by atoms with E-state index >= 15 is 0 Å². The van der Waals surface area contributed by atoms with Crippen LogP contribution < -0.4 is 10.6 Å². The zero-order valence-electron chi connectivity index (χ0n) is 17.9. The Labute approximate surface area is 200 Å². The van der Waals surface area contributed by atoms with Crippen LogP contribution in [0.15, 0.2) is 84.6 Å². The van der Waals surface area contributed by atoms with Gasteiger partial charge in [0.05, 0.1) is 16.1 Å². The molecule has 0 aromatic heterocycles. The maximum atomic E-state index is 13.2. The molecule has 0 radical (unpaired) electrons. The van der Waals surface area contributed by atoms with Crippen molar-refractivity contribution in [3.05, 3.63) is 107 Å². The normalized spacial score (nSPS) is 12.2. The Hall–Kier alpha value is -3.89. The van der Waals surface area contributed by atoms with Crippen molar-refractivity contribution in [1.29, 1.82) is 5.26 Å². The first-order valence-electron chi connectivity index (χ1n) is 10.2. The molecule has 3 N–H and O–H groups in total. The third-order valence-electron chi connectivity index (χ3n) is 4.82. The van der Waals surface area contributed by atoms with Crippen molar-refractivity contribution in [2.75, 3.05) is 0 Å². The Morgan fingerprint density at radius 3 is 2.33 bits per heavy atom. The van der Waals surface area contributed by atoms with Gasteiger partial charge in [-0.05, 0) is 76.8 Å². The molecule has 0 bridgehead atoms. The van der Waals surface area contributed by atoms with Crippen molar-refractivity contribution in [2.24, 2.45) is 0 Å². The molecule has 0 spiro atoms. The summed E-state index contributed by atoms with van der Waals surface area (Å²) < 4.78 is 0.387. The van der Waals surface area contributed by atoms with Crippen molar-refractivity contribution >= 4 is 32.2 Å². The Bertz CT molecular complexity index is 1220. The van der Waals surface area contributed by atoms with Crippen LogP contribution in [0.1, 0.15) is 34.0 Å². The number of nitrogens with one attached hydrogen (secondary N) is 2. The van der Waals surface area contributed by atoms with Gasteiger partial charge in [0.15, 0.2) is 0 Å². The summed E-state index contributed by atoms with van der Waals surface area (Å²) in [7, 11) is 0. The molecule has 166 valence electrons. The molecule has 0 aliphatic heterocycles. The Balaban J connectivity index is 1.87. The number of phenolic OH excluding ortho intramolecular Hbond substituents is 1. The van der Waals surface area contributed by atoms with Gasteiger partial charge in [-0.3, -0.25) is 9.59 Å². The number of phenols is 1. The van der Waals surface area contributed by atoms with Gasteiger partial charge >= 0.3 is 0 Å². The van der Waals surface area contributed by atoms with Crippen molar-refractivity contribution in [3.63, 3.8) is 0 Å². The number of carbonyl (C=O) groups excluding carboxylic acids is 2. The number of hydrogen-bond acceptors (Lipinski definition) is 4. The largest absolute Gasteiger partial charge is 0.508 e. The highest BCUT2D eigenvalue weighted by Crippen LogP contribution is 2.25. The predicted molar refractivity (Wildman–Crippen MR) is 130 cm³/mol. The molecular formula is C26H22BrN3O3. The third kappa shape index (κ3) is 6.55. The lowest BCUT2D eigenvalue weighted by Crippen LogP contribution is -2.40. The Morgan fingerprint density at radius 1 is 1.00 bits per heavy atom. The van der Waals surface area contributed by atoms with Crippen LogP contribution in [0.3, 0.4) is 0 Å². The van der Waals surface area contributed by atoms with E-state index in [2.05, 4.69) is 32.6 Å². The molecule has 3 rings (SSSR count). The second-order valence-corrected chi connectivity index (χ2v) is 8.24. The number of halogens is 1. The lowest BCUT2D eigenvalue weighted by molar-refractivity contribution is -0.118. The lowest BCUT2D eigenvalue weighted by Gasteiger charge is -2.18. The SMILES string of the molecule is CC(Cc1cccc(O)c1)NC(=O)/C(NC(=O)c1ccccc1)=C(\Br)c1ccc(C#N)cc1. The number of carbonyl (C=O) groups is 2. The zero-order valence-corrected chi connectivity index (χ0v) is 19.5. The maximum Gasteiger partial charge on any atom is 0.269 e. The molecule has 7 heteroatoms. The van der Waals surface area contributed by atoms with Crippen molar-refractivity contribution in [3.8, 4) is 11.8 Å². The number of hydrogen-bond donors (Lipinski definition) is 3. The molecule has 0 aliphatic carbocycles. The van der Waals surface area contributed by atoms with Crippen LogP contribution in [-0.4, -0.2) is 23.0 Å². The predicted octanol–water partition coefficient (Wildman–Crippen LogP) is 4.50. The number of nitrogens with zero attached hydrogens (tertiary/aromatic N) is 1. The van der Waals surface area contributed by atoms with Gasteiger partial charge in [-0.2, -0.15) is 5.26 Å². The molecule has 6 nitrogen and oxygen atoms in total. The molecule has 0 saturated heterocycles. The summed E-state index contributed by atoms with van der Waals surface area (Å²) in [5.41, 5.74) is 2.45. The minimum Gasteiger partial charge on any atom is -0.508 e. The number of benzene rings is 3. The number of amides is 2. The third-order valence-corrected chi connectivity index (χ3v) is 5.67. The van der Waals surface area contributed by atoms with Gasteiger partial charge in [0.2, 0.25) is 0 Å². The number of aromatic hydroxyl groups is 1. The summed E-state index contributed by atoms with van der Waals surface area (Å²) in [6.45, 7) is 1.84. The zero-order chi connectivity index (χ0) is 23.8. The molecule has 0 fully saturated rings. The van der Waals surface area contributed by atoms with Crippen LogP contribution >= 0.6 is 15.9 Å². The fourth-order valence-corrected chi connectivity index (χ4v) is 3.75. The minimum absolute atomic E-state index is 0.0521. The van der Waals surface area contributed by atoms with E-state index < -0.39 is 11.8 Å². The van der Waals surface area contributed by atoms with E-state index in [1.807, 2.05) is 13.0 Å². The van der Waals surface area contributed by atoms with E-state index in [1.165, 1.54) is 0 Å². The summed E-state index contributed by atoms with van der Waals surface area (Å²) in [6, 6.07) is 23.9. The fourth-order valence-electron chi connectivity index (χ4n) is 3.21. The van der Waals surface area contributed by atoms with E-state index in [4.69, 9.17) is 5.26 Å². The smallest absolute Gasteiger partial charge is 0.269 e. The fraction of sp³-hybridized carbons (Fsp3) is 0.115. The first kappa shape index (κ1) is 23.8. The molecule has 1 unspecified atom stereocenters. The van der Waals surface area contributed by atoms with Gasteiger partial charge in [0.25, 0.3) is 11.8 Å². The van der Waals surface area contributed by atoms with Gasteiger partial charge in [-0.1, -0.05) is 42.5 Å². The van der Waals surface area contributed by atoms with E-state index in [-0.39, 0.29) is 17.5 Å². The van der Waals surface area contributed by atoms with Gasteiger partial charge in [0.1, 0.15) is 11.4 Å². The summed E-state index contributed by atoms with van der Waals surface area (Å²) in [4.78, 5) is 26.0. The van der Waals surface area contributed by atoms with E-state index in [9.17, 15) is 14.7 Å². The van der Waals surface area contributed by atoms with Crippen LogP contribution in [-0.2, 0) is 11.2 Å². The quantitative estimate of drug-likeness (QED) is 0.412. The number of rotatable bonds is 7. The molecule has 33 heavy (non-hydrogen) atoms. The lowest BCUT2D eigenvalue weighted by atomic mass is 10.1. The molecule has 0 aliphatic rings. The van der Waals surface area contributed by atoms with Gasteiger partial charge in [-0.25, -0.2) is 0 Å². The Kier molecular flexibility index (Phi) is 8.01. The summed E-state index contributed by atoms with van der Waals surface area (Å²) >= 11 is 3.46. The molecule has 3 aromatic rings. The molecular weight excluding hydrogens is 482 g/mol. The van der Waals surface area contributed by atoms with Gasteiger partial charge in [0, 0.05) is 11.6 Å². The maximum absolute atomic E-state index is 13.2. The average molecular weight is 504 g/mol. The second-order valence-electron chi connectivity index (χ2n) is 7.45. The molecule has 0 heterocycles. The van der Waals surface area contributed by atoms with Crippen LogP contribution in [0.25, 0.3) is 4.48 Å². The first-order chi connectivity index (χ1) is 15.9. The van der Waals surface area contributed by atoms with Crippen molar-refractivity contribution in [2.45, 2.75) is 19.4 Å². The van der Waals surface area contributed by atoms with Gasteiger partial charge < -0.3 is 15.7 Å². The first-order valence-corrected chi connectivity index (χ1v) is 11.0. The number of nitriles is 1. The summed E-state index contributed by atoms with van der Waals surface area (Å²) in [5.74, 6) is -0.736. The van der Waals surface area contributed by atoms with Crippen LogP contribution in [0, 0.1) is 11.3 Å². The molecule has 0 saturated carbocycles.